The second-order valence-corrected chi connectivity index (χ2v) is 7.53. The predicted molar refractivity (Wildman–Crippen MR) is 102 cm³/mol. The van der Waals surface area contributed by atoms with E-state index >= 15 is 0 Å². The van der Waals surface area contributed by atoms with Gasteiger partial charge in [-0.25, -0.2) is 13.9 Å². The molecule has 2 aliphatic rings. The number of hydrogen-bond acceptors (Lipinski definition) is 4. The summed E-state index contributed by atoms with van der Waals surface area (Å²) in [5.74, 6) is 1.57. The van der Waals surface area contributed by atoms with Crippen molar-refractivity contribution in [2.45, 2.75) is 19.1 Å². The molecule has 27 heavy (non-hydrogen) atoms. The fourth-order valence-electron chi connectivity index (χ4n) is 3.55. The number of rotatable bonds is 4. The molecule has 2 aliphatic heterocycles. The van der Waals surface area contributed by atoms with Crippen molar-refractivity contribution in [3.63, 3.8) is 0 Å². The summed E-state index contributed by atoms with van der Waals surface area (Å²) in [5.41, 5.74) is 0.572. The summed E-state index contributed by atoms with van der Waals surface area (Å²) in [6, 6.07) is 14.1. The van der Waals surface area contributed by atoms with Gasteiger partial charge in [0.2, 0.25) is 0 Å². The van der Waals surface area contributed by atoms with Gasteiger partial charge in [0.1, 0.15) is 17.3 Å². The van der Waals surface area contributed by atoms with Gasteiger partial charge in [-0.3, -0.25) is 0 Å². The molecule has 7 heteroatoms. The molecule has 0 aromatic heterocycles. The van der Waals surface area contributed by atoms with Crippen LogP contribution < -0.4 is 26.6 Å². The Hall–Kier alpha value is -1.57. The maximum atomic E-state index is 13.3. The molecular formula is C20H22BrFN2O2S. The van der Waals surface area contributed by atoms with Crippen molar-refractivity contribution >= 4 is 22.6 Å². The predicted octanol–water partition coefficient (Wildman–Crippen LogP) is 0.399. The molecule has 0 amide bonds. The van der Waals surface area contributed by atoms with E-state index in [4.69, 9.17) is 4.74 Å². The number of anilines is 1. The summed E-state index contributed by atoms with van der Waals surface area (Å²) in [5, 5.41) is 12.6. The number of β-amino-alcohol motifs (C(OH)–C–C–N with tert-alkyl or cyclic N) is 1. The molecule has 4 nitrogen and oxygen atoms in total. The molecule has 2 aromatic carbocycles. The van der Waals surface area contributed by atoms with Gasteiger partial charge in [0.15, 0.2) is 6.54 Å². The lowest BCUT2D eigenvalue weighted by Gasteiger charge is -2.24. The maximum Gasteiger partial charge on any atom is 0.316 e. The highest BCUT2D eigenvalue weighted by Crippen LogP contribution is 2.37. The number of aliphatic hydroxyl groups is 1. The smallest absolute Gasteiger partial charge is 0.316 e. The summed E-state index contributed by atoms with van der Waals surface area (Å²) >= 11 is 1.75. The van der Waals surface area contributed by atoms with Gasteiger partial charge in [-0.15, -0.1) is 0 Å². The summed E-state index contributed by atoms with van der Waals surface area (Å²) in [6.45, 7) is 3.79. The fourth-order valence-corrected chi connectivity index (χ4v) is 4.73. The first kappa shape index (κ1) is 20.2. The monoisotopic (exact) mass is 452 g/mol. The first-order chi connectivity index (χ1) is 12.6. The van der Waals surface area contributed by atoms with Gasteiger partial charge < -0.3 is 26.8 Å². The minimum Gasteiger partial charge on any atom is -1.00 e. The van der Waals surface area contributed by atoms with Crippen molar-refractivity contribution in [2.75, 3.05) is 30.3 Å². The molecule has 0 fully saturated rings. The van der Waals surface area contributed by atoms with E-state index in [1.807, 2.05) is 35.8 Å². The van der Waals surface area contributed by atoms with Crippen molar-refractivity contribution in [3.05, 3.63) is 59.9 Å². The zero-order valence-electron chi connectivity index (χ0n) is 15.1. The molecule has 1 atom stereocenters. The minimum absolute atomic E-state index is 0. The molecule has 0 saturated carbocycles. The third kappa shape index (κ3) is 3.73. The van der Waals surface area contributed by atoms with E-state index in [1.54, 1.807) is 23.9 Å². The van der Waals surface area contributed by atoms with Crippen LogP contribution in [0.5, 0.6) is 5.75 Å². The Balaban J connectivity index is 0.00000210. The van der Waals surface area contributed by atoms with Crippen LogP contribution in [0, 0.1) is 5.82 Å². The van der Waals surface area contributed by atoms with E-state index in [2.05, 4.69) is 4.90 Å². The van der Waals surface area contributed by atoms with E-state index in [0.717, 1.165) is 35.3 Å². The normalized spacial score (nSPS) is 21.7. The van der Waals surface area contributed by atoms with Gasteiger partial charge in [0.05, 0.1) is 13.2 Å². The number of hydrogen-bond donors (Lipinski definition) is 1. The Morgan fingerprint density at radius 1 is 1.19 bits per heavy atom. The van der Waals surface area contributed by atoms with Gasteiger partial charge in [-0.1, -0.05) is 0 Å². The van der Waals surface area contributed by atoms with E-state index in [-0.39, 0.29) is 22.8 Å². The van der Waals surface area contributed by atoms with Crippen LogP contribution in [-0.4, -0.2) is 40.3 Å². The van der Waals surface area contributed by atoms with Gasteiger partial charge in [0.25, 0.3) is 5.72 Å². The Kier molecular flexibility index (Phi) is 6.13. The highest BCUT2D eigenvalue weighted by atomic mass is 79.9. The van der Waals surface area contributed by atoms with Crippen molar-refractivity contribution < 1.29 is 35.8 Å². The molecule has 1 unspecified atom stereocenters. The average molecular weight is 453 g/mol. The molecule has 0 saturated heterocycles. The molecule has 0 aliphatic carbocycles. The lowest BCUT2D eigenvalue weighted by molar-refractivity contribution is -0.656. The molecule has 2 heterocycles. The third-order valence-corrected chi connectivity index (χ3v) is 6.00. The maximum absolute atomic E-state index is 13.3. The van der Waals surface area contributed by atoms with Crippen LogP contribution in [-0.2, 0) is 5.72 Å². The molecule has 0 bridgehead atoms. The molecule has 4 rings (SSSR count). The quantitative estimate of drug-likeness (QED) is 0.681. The lowest BCUT2D eigenvalue weighted by atomic mass is 10.0. The number of thioether (sulfide) groups is 1. The molecule has 144 valence electrons. The van der Waals surface area contributed by atoms with Crippen LogP contribution in [0.1, 0.15) is 18.9 Å². The summed E-state index contributed by atoms with van der Waals surface area (Å²) in [7, 11) is 0. The molecule has 2 aromatic rings. The summed E-state index contributed by atoms with van der Waals surface area (Å²) in [4.78, 5) is 2.14. The lowest BCUT2D eigenvalue weighted by Crippen LogP contribution is -3.00. The zero-order valence-corrected chi connectivity index (χ0v) is 17.5. The average Bonchev–Trinajstić information content (AvgIpc) is 2.98. The number of nitrogens with zero attached hydrogens (tertiary/aromatic N) is 2. The fraction of sp³-hybridized carbons (Fsp3) is 0.350. The van der Waals surface area contributed by atoms with Crippen LogP contribution >= 0.6 is 11.8 Å². The van der Waals surface area contributed by atoms with Crippen molar-refractivity contribution in [3.8, 4) is 5.75 Å². The van der Waals surface area contributed by atoms with Crippen LogP contribution in [0.15, 0.2) is 48.5 Å². The van der Waals surface area contributed by atoms with E-state index in [0.29, 0.717) is 18.7 Å². The second-order valence-electron chi connectivity index (χ2n) is 6.47. The number of benzene rings is 2. The molecule has 0 spiro atoms. The van der Waals surface area contributed by atoms with Crippen molar-refractivity contribution in [2.24, 2.45) is 0 Å². The van der Waals surface area contributed by atoms with Gasteiger partial charge in [-0.05, 0) is 73.6 Å². The van der Waals surface area contributed by atoms with Crippen molar-refractivity contribution in [1.82, 2.24) is 0 Å². The highest BCUT2D eigenvalue weighted by Gasteiger charge is 2.53. The Labute approximate surface area is 173 Å². The largest absolute Gasteiger partial charge is 1.00 e. The van der Waals surface area contributed by atoms with Crippen LogP contribution in [0.4, 0.5) is 10.1 Å². The Morgan fingerprint density at radius 2 is 1.89 bits per heavy atom. The van der Waals surface area contributed by atoms with E-state index < -0.39 is 5.72 Å². The summed E-state index contributed by atoms with van der Waals surface area (Å²) in [6.07, 6.45) is 1.01. The standard InChI is InChI=1S/C20H22FN2O2S.BrH/c1-2-25-18-10-8-17(9-11-18)22-14-20(24,15-4-6-16(21)7-5-15)23-12-3-13-26-19(22)23;/h4-11,24H,2-3,12-14H2,1H3;1H/q+1;/p-1. The zero-order chi connectivity index (χ0) is 18.1. The van der Waals surface area contributed by atoms with Gasteiger partial charge >= 0.3 is 5.17 Å². The second kappa shape index (κ2) is 8.20. The molecule has 1 N–H and O–H groups in total. The highest BCUT2D eigenvalue weighted by molar-refractivity contribution is 8.13. The Morgan fingerprint density at radius 3 is 2.56 bits per heavy atom. The van der Waals surface area contributed by atoms with E-state index in [1.165, 1.54) is 12.1 Å². The third-order valence-electron chi connectivity index (χ3n) is 4.81. The molecular weight excluding hydrogens is 431 g/mol. The minimum atomic E-state index is -1.16. The Bertz CT molecular complexity index is 829. The first-order valence-electron chi connectivity index (χ1n) is 8.88. The number of amidine groups is 1. The van der Waals surface area contributed by atoms with Gasteiger partial charge in [-0.2, -0.15) is 0 Å². The SMILES string of the molecule is CCOc1ccc(N2CC(O)(c3ccc(F)cc3)[N+]3=C2SCCC3)cc1.[Br-]. The number of halogens is 2. The van der Waals surface area contributed by atoms with E-state index in [9.17, 15) is 9.50 Å². The topological polar surface area (TPSA) is 35.7 Å². The van der Waals surface area contributed by atoms with Crippen LogP contribution in [0.2, 0.25) is 0 Å². The summed E-state index contributed by atoms with van der Waals surface area (Å²) < 4.78 is 20.9. The van der Waals surface area contributed by atoms with Crippen molar-refractivity contribution in [1.29, 1.82) is 0 Å². The van der Waals surface area contributed by atoms with Crippen LogP contribution in [0.25, 0.3) is 0 Å². The van der Waals surface area contributed by atoms with Gasteiger partial charge in [0, 0.05) is 11.3 Å². The van der Waals surface area contributed by atoms with Crippen LogP contribution in [0.3, 0.4) is 0 Å². The molecule has 0 radical (unpaired) electrons. The first-order valence-corrected chi connectivity index (χ1v) is 9.86. The number of ether oxygens (including phenoxy) is 1.